The fourth-order valence-electron chi connectivity index (χ4n) is 3.00. The van der Waals surface area contributed by atoms with Crippen molar-refractivity contribution in [1.82, 2.24) is 9.97 Å². The van der Waals surface area contributed by atoms with Crippen molar-refractivity contribution in [3.63, 3.8) is 0 Å². The van der Waals surface area contributed by atoms with E-state index in [1.807, 2.05) is 18.5 Å². The van der Waals surface area contributed by atoms with Crippen molar-refractivity contribution >= 4 is 6.08 Å². The smallest absolute Gasteiger partial charge is 0.0885 e. The molecule has 0 bridgehead atoms. The summed E-state index contributed by atoms with van der Waals surface area (Å²) in [5.74, 6) is 0. The van der Waals surface area contributed by atoms with Crippen molar-refractivity contribution in [3.8, 4) is 11.3 Å². The van der Waals surface area contributed by atoms with Crippen LogP contribution < -0.4 is 0 Å². The molecule has 0 fully saturated rings. The van der Waals surface area contributed by atoms with Gasteiger partial charge in [-0.25, -0.2) is 0 Å². The van der Waals surface area contributed by atoms with E-state index in [9.17, 15) is 0 Å². The number of aromatic nitrogens is 2. The summed E-state index contributed by atoms with van der Waals surface area (Å²) in [6, 6.07) is 8.40. The molecule has 1 aromatic heterocycles. The Labute approximate surface area is 170 Å². The number of hydrogen-bond donors (Lipinski definition) is 0. The second-order valence-corrected chi connectivity index (χ2v) is 7.24. The van der Waals surface area contributed by atoms with Gasteiger partial charge in [0.2, 0.25) is 0 Å². The molecule has 1 unspecified atom stereocenters. The SMILES string of the molecule is C=CCc1ccc(-c2cnc(C=CCCCC(C)OCCCCC)cn2)cc1. The molecule has 0 radical (unpaired) electrons. The van der Waals surface area contributed by atoms with Crippen molar-refractivity contribution in [1.29, 1.82) is 0 Å². The Balaban J connectivity index is 1.72. The predicted octanol–water partition coefficient (Wildman–Crippen LogP) is 6.65. The van der Waals surface area contributed by atoms with Gasteiger partial charge in [-0.15, -0.1) is 6.58 Å². The van der Waals surface area contributed by atoms with Crippen LogP contribution in [0.25, 0.3) is 17.3 Å². The highest BCUT2D eigenvalue weighted by Gasteiger charge is 2.02. The third-order valence-electron chi connectivity index (χ3n) is 4.72. The van der Waals surface area contributed by atoms with Gasteiger partial charge in [-0.1, -0.05) is 56.2 Å². The molecular formula is C25H34N2O. The lowest BCUT2D eigenvalue weighted by molar-refractivity contribution is 0.0566. The topological polar surface area (TPSA) is 35.0 Å². The fraction of sp³-hybridized carbons (Fsp3) is 0.440. The molecule has 0 saturated heterocycles. The first kappa shape index (κ1) is 22.0. The Morgan fingerprint density at radius 1 is 1.07 bits per heavy atom. The van der Waals surface area contributed by atoms with Crippen LogP contribution in [-0.4, -0.2) is 22.7 Å². The van der Waals surface area contributed by atoms with Crippen LogP contribution in [0, 0.1) is 0 Å². The third-order valence-corrected chi connectivity index (χ3v) is 4.72. The molecule has 0 amide bonds. The zero-order chi connectivity index (χ0) is 20.0. The third kappa shape index (κ3) is 8.18. The summed E-state index contributed by atoms with van der Waals surface area (Å²) in [6.45, 7) is 9.05. The lowest BCUT2D eigenvalue weighted by Gasteiger charge is -2.11. The van der Waals surface area contributed by atoms with Gasteiger partial charge in [0.15, 0.2) is 0 Å². The van der Waals surface area contributed by atoms with E-state index in [2.05, 4.69) is 66.8 Å². The first-order valence-electron chi connectivity index (χ1n) is 10.5. The van der Waals surface area contributed by atoms with Crippen LogP contribution >= 0.6 is 0 Å². The average Bonchev–Trinajstić information content (AvgIpc) is 2.72. The molecule has 1 heterocycles. The largest absolute Gasteiger partial charge is 0.379 e. The molecule has 28 heavy (non-hydrogen) atoms. The summed E-state index contributed by atoms with van der Waals surface area (Å²) in [7, 11) is 0. The first-order chi connectivity index (χ1) is 13.7. The fourth-order valence-corrected chi connectivity index (χ4v) is 3.00. The van der Waals surface area contributed by atoms with Crippen molar-refractivity contribution in [2.75, 3.05) is 6.61 Å². The number of ether oxygens (including phenoxy) is 1. The minimum atomic E-state index is 0.349. The van der Waals surface area contributed by atoms with E-state index in [0.717, 1.165) is 49.2 Å². The second kappa shape index (κ2) is 13.0. The first-order valence-corrected chi connectivity index (χ1v) is 10.5. The highest BCUT2D eigenvalue weighted by molar-refractivity contribution is 5.59. The van der Waals surface area contributed by atoms with Crippen LogP contribution in [0.2, 0.25) is 0 Å². The number of nitrogens with zero attached hydrogens (tertiary/aromatic N) is 2. The molecule has 2 rings (SSSR count). The van der Waals surface area contributed by atoms with E-state index in [4.69, 9.17) is 4.74 Å². The van der Waals surface area contributed by atoms with E-state index in [1.165, 1.54) is 24.8 Å². The molecule has 0 aliphatic heterocycles. The Kier molecular flexibility index (Phi) is 10.2. The zero-order valence-electron chi connectivity index (χ0n) is 17.4. The van der Waals surface area contributed by atoms with Gasteiger partial charge in [-0.2, -0.15) is 0 Å². The summed E-state index contributed by atoms with van der Waals surface area (Å²) < 4.78 is 5.83. The van der Waals surface area contributed by atoms with E-state index in [0.29, 0.717) is 6.10 Å². The molecule has 2 aromatic rings. The molecule has 3 nitrogen and oxygen atoms in total. The van der Waals surface area contributed by atoms with Gasteiger partial charge in [0.1, 0.15) is 0 Å². The minimum Gasteiger partial charge on any atom is -0.379 e. The van der Waals surface area contributed by atoms with Gasteiger partial charge in [0, 0.05) is 12.2 Å². The molecule has 0 aliphatic carbocycles. The highest BCUT2D eigenvalue weighted by atomic mass is 16.5. The number of unbranched alkanes of at least 4 members (excludes halogenated alkanes) is 3. The summed E-state index contributed by atoms with van der Waals surface area (Å²) >= 11 is 0. The van der Waals surface area contributed by atoms with E-state index < -0.39 is 0 Å². The average molecular weight is 379 g/mol. The zero-order valence-corrected chi connectivity index (χ0v) is 17.4. The normalized spacial score (nSPS) is 12.4. The maximum absolute atomic E-state index is 5.83. The van der Waals surface area contributed by atoms with Gasteiger partial charge >= 0.3 is 0 Å². The quantitative estimate of drug-likeness (QED) is 0.289. The van der Waals surface area contributed by atoms with Crippen LogP contribution in [0.4, 0.5) is 0 Å². The van der Waals surface area contributed by atoms with E-state index in [1.54, 1.807) is 0 Å². The van der Waals surface area contributed by atoms with Gasteiger partial charge in [0.25, 0.3) is 0 Å². The Hall–Kier alpha value is -2.26. The van der Waals surface area contributed by atoms with Gasteiger partial charge in [0.05, 0.1) is 29.9 Å². The molecule has 0 N–H and O–H groups in total. The molecular weight excluding hydrogens is 344 g/mol. The summed E-state index contributed by atoms with van der Waals surface area (Å²) in [5.41, 5.74) is 4.14. The summed E-state index contributed by atoms with van der Waals surface area (Å²) in [6.07, 6.45) is 18.0. The van der Waals surface area contributed by atoms with Gasteiger partial charge in [-0.3, -0.25) is 9.97 Å². The van der Waals surface area contributed by atoms with Gasteiger partial charge < -0.3 is 4.74 Å². The summed E-state index contributed by atoms with van der Waals surface area (Å²) in [4.78, 5) is 9.06. The number of hydrogen-bond acceptors (Lipinski definition) is 3. The molecule has 0 aliphatic rings. The lowest BCUT2D eigenvalue weighted by atomic mass is 10.1. The Morgan fingerprint density at radius 2 is 1.89 bits per heavy atom. The lowest BCUT2D eigenvalue weighted by Crippen LogP contribution is -2.08. The van der Waals surface area contributed by atoms with Gasteiger partial charge in [-0.05, 0) is 50.7 Å². The van der Waals surface area contributed by atoms with Crippen LogP contribution in [-0.2, 0) is 11.2 Å². The maximum Gasteiger partial charge on any atom is 0.0885 e. The predicted molar refractivity (Wildman–Crippen MR) is 119 cm³/mol. The number of rotatable bonds is 13. The monoisotopic (exact) mass is 378 g/mol. The Bertz CT molecular complexity index is 704. The van der Waals surface area contributed by atoms with Crippen molar-refractivity contribution in [2.24, 2.45) is 0 Å². The van der Waals surface area contributed by atoms with Crippen molar-refractivity contribution in [2.45, 2.75) is 64.9 Å². The van der Waals surface area contributed by atoms with Crippen molar-refractivity contribution < 1.29 is 4.74 Å². The summed E-state index contributed by atoms with van der Waals surface area (Å²) in [5, 5.41) is 0. The van der Waals surface area contributed by atoms with Crippen LogP contribution in [0.15, 0.2) is 55.4 Å². The maximum atomic E-state index is 5.83. The van der Waals surface area contributed by atoms with Crippen LogP contribution in [0.1, 0.15) is 63.6 Å². The molecule has 1 aromatic carbocycles. The molecule has 0 spiro atoms. The second-order valence-electron chi connectivity index (χ2n) is 7.24. The molecule has 1 atom stereocenters. The number of benzene rings is 1. The highest BCUT2D eigenvalue weighted by Crippen LogP contribution is 2.17. The van der Waals surface area contributed by atoms with Crippen molar-refractivity contribution in [3.05, 3.63) is 66.6 Å². The minimum absolute atomic E-state index is 0.349. The molecule has 150 valence electrons. The van der Waals surface area contributed by atoms with E-state index in [-0.39, 0.29) is 0 Å². The van der Waals surface area contributed by atoms with Crippen LogP contribution in [0.5, 0.6) is 0 Å². The van der Waals surface area contributed by atoms with E-state index >= 15 is 0 Å². The Morgan fingerprint density at radius 3 is 2.57 bits per heavy atom. The number of allylic oxidation sites excluding steroid dienone is 2. The molecule has 3 heteroatoms. The molecule has 0 saturated carbocycles. The van der Waals surface area contributed by atoms with Crippen LogP contribution in [0.3, 0.4) is 0 Å². The standard InChI is InChI=1S/C25H34N2O/c1-4-6-10-18-28-21(3)12-8-7-9-13-24-19-27-25(20-26-24)23-16-14-22(11-5-2)15-17-23/h5,9,13-17,19-21H,2,4,6-8,10-12,18H2,1,3H3.